The van der Waals surface area contributed by atoms with Gasteiger partial charge in [-0.15, -0.1) is 0 Å². The molecule has 0 atom stereocenters. The first kappa shape index (κ1) is 19.7. The highest BCUT2D eigenvalue weighted by atomic mass is 31.2. The minimum absolute atomic E-state index is 1.01. The van der Waals surface area contributed by atoms with Gasteiger partial charge in [0.1, 0.15) is 23.2 Å². The summed E-state index contributed by atoms with van der Waals surface area (Å²) in [4.78, 5) is 0. The standard InChI is InChI=1S/C30H26P/c1-24-21-22-25-13-11-12-20-29(25)30(24)23-31(26-14-5-2-6-15-26,27-16-7-3-8-17-27)28-18-9-4-10-19-28/h2-22H,23H2,1H3/q+1. The predicted octanol–water partition coefficient (Wildman–Crippen LogP) is 6.64. The highest BCUT2D eigenvalue weighted by Crippen LogP contribution is 2.59. The fourth-order valence-corrected chi connectivity index (χ4v) is 9.04. The smallest absolute Gasteiger partial charge is 0.0620 e. The molecular weight excluding hydrogens is 391 g/mol. The Bertz CT molecular complexity index is 1200. The van der Waals surface area contributed by atoms with Crippen LogP contribution in [0.5, 0.6) is 0 Å². The molecule has 0 bridgehead atoms. The molecule has 5 rings (SSSR count). The van der Waals surface area contributed by atoms with E-state index in [9.17, 15) is 0 Å². The Hall–Kier alpha value is -3.21. The number of hydrogen-bond acceptors (Lipinski definition) is 0. The maximum Gasteiger partial charge on any atom is 0.116 e. The lowest BCUT2D eigenvalue weighted by molar-refractivity contribution is 1.33. The predicted molar refractivity (Wildman–Crippen MR) is 138 cm³/mol. The molecule has 0 radical (unpaired) electrons. The van der Waals surface area contributed by atoms with E-state index in [4.69, 9.17) is 0 Å². The Morgan fingerprint density at radius 3 is 1.45 bits per heavy atom. The lowest BCUT2D eigenvalue weighted by Gasteiger charge is -2.29. The van der Waals surface area contributed by atoms with Crippen molar-refractivity contribution in [1.29, 1.82) is 0 Å². The van der Waals surface area contributed by atoms with Crippen molar-refractivity contribution in [2.24, 2.45) is 0 Å². The molecule has 5 aromatic rings. The van der Waals surface area contributed by atoms with Crippen LogP contribution < -0.4 is 15.9 Å². The van der Waals surface area contributed by atoms with Gasteiger partial charge in [0.25, 0.3) is 0 Å². The molecule has 31 heavy (non-hydrogen) atoms. The average molecular weight is 418 g/mol. The number of hydrogen-bond donors (Lipinski definition) is 0. The van der Waals surface area contributed by atoms with Crippen LogP contribution in [0.2, 0.25) is 0 Å². The largest absolute Gasteiger partial charge is 0.116 e. The summed E-state index contributed by atoms with van der Waals surface area (Å²) in [5, 5.41) is 6.98. The molecule has 150 valence electrons. The molecule has 0 nitrogen and oxygen atoms in total. The topological polar surface area (TPSA) is 0 Å². The van der Waals surface area contributed by atoms with Gasteiger partial charge in [0, 0.05) is 5.56 Å². The molecule has 0 aromatic heterocycles. The van der Waals surface area contributed by atoms with Crippen LogP contribution in [0.3, 0.4) is 0 Å². The first-order valence-corrected chi connectivity index (χ1v) is 12.8. The van der Waals surface area contributed by atoms with Crippen molar-refractivity contribution in [3.8, 4) is 0 Å². The minimum atomic E-state index is -1.91. The van der Waals surface area contributed by atoms with Gasteiger partial charge in [-0.1, -0.05) is 91.0 Å². The molecule has 0 fully saturated rings. The maximum atomic E-state index is 2.33. The van der Waals surface area contributed by atoms with E-state index >= 15 is 0 Å². The van der Waals surface area contributed by atoms with E-state index in [0.717, 1.165) is 6.16 Å². The average Bonchev–Trinajstić information content (AvgIpc) is 2.85. The van der Waals surface area contributed by atoms with Gasteiger partial charge in [0.2, 0.25) is 0 Å². The van der Waals surface area contributed by atoms with Crippen LogP contribution in [-0.2, 0) is 6.16 Å². The van der Waals surface area contributed by atoms with Gasteiger partial charge in [0.15, 0.2) is 0 Å². The number of rotatable bonds is 5. The van der Waals surface area contributed by atoms with Crippen molar-refractivity contribution in [3.05, 3.63) is 139 Å². The second kappa shape index (κ2) is 8.50. The second-order valence-electron chi connectivity index (χ2n) is 8.06. The molecule has 0 aliphatic heterocycles. The van der Waals surface area contributed by atoms with E-state index in [1.807, 2.05) is 0 Å². The molecule has 0 amide bonds. The highest BCUT2D eigenvalue weighted by Gasteiger charge is 2.45. The van der Waals surface area contributed by atoms with Gasteiger partial charge >= 0.3 is 0 Å². The van der Waals surface area contributed by atoms with Crippen LogP contribution >= 0.6 is 7.26 Å². The number of fused-ring (bicyclic) bond motifs is 1. The molecule has 0 N–H and O–H groups in total. The van der Waals surface area contributed by atoms with Crippen LogP contribution in [0.1, 0.15) is 11.1 Å². The Balaban J connectivity index is 1.85. The van der Waals surface area contributed by atoms with Crippen molar-refractivity contribution in [3.63, 3.8) is 0 Å². The summed E-state index contributed by atoms with van der Waals surface area (Å²) in [6, 6.07) is 46.8. The molecule has 0 aliphatic carbocycles. The van der Waals surface area contributed by atoms with Crippen molar-refractivity contribution in [1.82, 2.24) is 0 Å². The van der Waals surface area contributed by atoms with E-state index < -0.39 is 7.26 Å². The molecule has 1 heteroatoms. The summed E-state index contributed by atoms with van der Waals surface area (Å²) in [5.41, 5.74) is 2.83. The molecule has 0 aliphatic rings. The van der Waals surface area contributed by atoms with Crippen LogP contribution in [0.25, 0.3) is 10.8 Å². The zero-order valence-corrected chi connectivity index (χ0v) is 18.7. The lowest BCUT2D eigenvalue weighted by atomic mass is 10.0. The third kappa shape index (κ3) is 3.58. The van der Waals surface area contributed by atoms with Crippen molar-refractivity contribution < 1.29 is 0 Å². The zero-order valence-electron chi connectivity index (χ0n) is 17.8. The van der Waals surface area contributed by atoms with Crippen LogP contribution in [-0.4, -0.2) is 0 Å². The van der Waals surface area contributed by atoms with Crippen molar-refractivity contribution in [2.75, 3.05) is 0 Å². The second-order valence-corrected chi connectivity index (χ2v) is 11.5. The van der Waals surface area contributed by atoms with E-state index in [1.54, 1.807) is 0 Å². The van der Waals surface area contributed by atoms with Gasteiger partial charge in [-0.2, -0.15) is 0 Å². The summed E-state index contributed by atoms with van der Waals surface area (Å²) >= 11 is 0. The monoisotopic (exact) mass is 417 g/mol. The van der Waals surface area contributed by atoms with Gasteiger partial charge in [-0.3, -0.25) is 0 Å². The normalized spacial score (nSPS) is 11.5. The molecule has 0 heterocycles. The summed E-state index contributed by atoms with van der Waals surface area (Å²) in [6.07, 6.45) is 1.01. The fourth-order valence-electron chi connectivity index (χ4n) is 4.66. The Kier molecular flexibility index (Phi) is 5.41. The van der Waals surface area contributed by atoms with Gasteiger partial charge < -0.3 is 0 Å². The van der Waals surface area contributed by atoms with Crippen molar-refractivity contribution >= 4 is 33.9 Å². The maximum absolute atomic E-state index is 2.33. The van der Waals surface area contributed by atoms with Crippen LogP contribution in [0, 0.1) is 6.92 Å². The molecular formula is C30H26P+. The Morgan fingerprint density at radius 1 is 0.484 bits per heavy atom. The summed E-state index contributed by atoms with van der Waals surface area (Å²) in [6.45, 7) is 2.26. The Morgan fingerprint density at radius 2 is 0.935 bits per heavy atom. The van der Waals surface area contributed by atoms with Gasteiger partial charge in [-0.05, 0) is 59.7 Å². The van der Waals surface area contributed by atoms with Crippen molar-refractivity contribution in [2.45, 2.75) is 13.1 Å². The minimum Gasteiger partial charge on any atom is -0.0620 e. The summed E-state index contributed by atoms with van der Waals surface area (Å²) < 4.78 is 0. The van der Waals surface area contributed by atoms with E-state index in [0.29, 0.717) is 0 Å². The first-order chi connectivity index (χ1) is 15.3. The first-order valence-electron chi connectivity index (χ1n) is 10.8. The Labute approximate surface area is 185 Å². The lowest BCUT2D eigenvalue weighted by Crippen LogP contribution is -2.32. The van der Waals surface area contributed by atoms with E-state index in [1.165, 1.54) is 37.8 Å². The highest BCUT2D eigenvalue weighted by molar-refractivity contribution is 7.95. The fraction of sp³-hybridized carbons (Fsp3) is 0.0667. The quantitative estimate of drug-likeness (QED) is 0.281. The van der Waals surface area contributed by atoms with Crippen LogP contribution in [0.15, 0.2) is 127 Å². The molecule has 5 aromatic carbocycles. The molecule has 0 spiro atoms. The van der Waals surface area contributed by atoms with Gasteiger partial charge in [0.05, 0.1) is 6.16 Å². The molecule has 0 saturated carbocycles. The van der Waals surface area contributed by atoms with E-state index in [-0.39, 0.29) is 0 Å². The molecule has 0 unspecified atom stereocenters. The zero-order chi connectivity index (χ0) is 21.1. The van der Waals surface area contributed by atoms with Gasteiger partial charge in [-0.25, -0.2) is 0 Å². The summed E-state index contributed by atoms with van der Waals surface area (Å²) in [7, 11) is -1.91. The van der Waals surface area contributed by atoms with E-state index in [2.05, 4.69) is 134 Å². The van der Waals surface area contributed by atoms with Crippen LogP contribution in [0.4, 0.5) is 0 Å². The summed E-state index contributed by atoms with van der Waals surface area (Å²) in [5.74, 6) is 0. The third-order valence-electron chi connectivity index (χ3n) is 6.26. The number of aryl methyl sites for hydroxylation is 1. The third-order valence-corrected chi connectivity index (χ3v) is 10.6. The SMILES string of the molecule is Cc1ccc2ccccc2c1C[P+](c1ccccc1)(c1ccccc1)c1ccccc1. The molecule has 0 saturated heterocycles. The number of benzene rings is 5.